The summed E-state index contributed by atoms with van der Waals surface area (Å²) in [7, 11) is 1.92. The molecule has 0 spiro atoms. The number of pyridine rings is 1. The molecule has 0 radical (unpaired) electrons. The quantitative estimate of drug-likeness (QED) is 0.930. The number of nitriles is 1. The van der Waals surface area contributed by atoms with E-state index >= 15 is 0 Å². The number of hydrogen-bond donors (Lipinski definition) is 1. The average Bonchev–Trinajstić information content (AvgIpc) is 2.95. The molecule has 5 nitrogen and oxygen atoms in total. The Balaban J connectivity index is 1.70. The molecule has 1 aromatic carbocycles. The van der Waals surface area contributed by atoms with Crippen molar-refractivity contribution < 1.29 is 9.47 Å². The standard InChI is InChI=1S/C16H15N3O2/c1-18-15-10-21-16-7-13(2-3-14(15)16)20-9-11-4-5-19-12(6-11)8-17/h2-7,15,18H,9-10H2,1H3. The van der Waals surface area contributed by atoms with Crippen LogP contribution >= 0.6 is 0 Å². The third-order valence-electron chi connectivity index (χ3n) is 3.46. The van der Waals surface area contributed by atoms with E-state index in [9.17, 15) is 0 Å². The van der Waals surface area contributed by atoms with Crippen molar-refractivity contribution in [3.05, 3.63) is 53.3 Å². The summed E-state index contributed by atoms with van der Waals surface area (Å²) >= 11 is 0. The van der Waals surface area contributed by atoms with Crippen molar-refractivity contribution in [1.82, 2.24) is 10.3 Å². The van der Waals surface area contributed by atoms with Crippen LogP contribution in [0.1, 0.15) is 22.9 Å². The molecule has 0 saturated heterocycles. The molecule has 0 amide bonds. The van der Waals surface area contributed by atoms with Crippen molar-refractivity contribution in [3.8, 4) is 17.6 Å². The normalized spacial score (nSPS) is 15.9. The summed E-state index contributed by atoms with van der Waals surface area (Å²) < 4.78 is 11.4. The lowest BCUT2D eigenvalue weighted by Gasteiger charge is -2.09. The third-order valence-corrected chi connectivity index (χ3v) is 3.46. The fourth-order valence-corrected chi connectivity index (χ4v) is 2.31. The lowest BCUT2D eigenvalue weighted by atomic mass is 10.1. The third kappa shape index (κ3) is 2.81. The van der Waals surface area contributed by atoms with Crippen molar-refractivity contribution in [2.75, 3.05) is 13.7 Å². The lowest BCUT2D eigenvalue weighted by Crippen LogP contribution is -2.17. The van der Waals surface area contributed by atoms with Crippen molar-refractivity contribution in [1.29, 1.82) is 5.26 Å². The van der Waals surface area contributed by atoms with Gasteiger partial charge in [0.05, 0.1) is 6.04 Å². The van der Waals surface area contributed by atoms with E-state index in [1.165, 1.54) is 0 Å². The SMILES string of the molecule is CNC1COc2cc(OCc3ccnc(C#N)c3)ccc21. The Morgan fingerprint density at radius 3 is 3.14 bits per heavy atom. The Hall–Kier alpha value is -2.58. The number of aromatic nitrogens is 1. The zero-order valence-electron chi connectivity index (χ0n) is 11.7. The summed E-state index contributed by atoms with van der Waals surface area (Å²) in [5, 5.41) is 12.0. The second-order valence-corrected chi connectivity index (χ2v) is 4.80. The van der Waals surface area contributed by atoms with E-state index in [4.69, 9.17) is 14.7 Å². The summed E-state index contributed by atoms with van der Waals surface area (Å²) in [5.74, 6) is 1.61. The van der Waals surface area contributed by atoms with Crippen LogP contribution in [0.2, 0.25) is 0 Å². The van der Waals surface area contributed by atoms with Gasteiger partial charge in [-0.3, -0.25) is 0 Å². The van der Waals surface area contributed by atoms with Gasteiger partial charge in [-0.25, -0.2) is 4.98 Å². The van der Waals surface area contributed by atoms with Crippen molar-refractivity contribution in [2.45, 2.75) is 12.6 Å². The highest BCUT2D eigenvalue weighted by Crippen LogP contribution is 2.35. The topological polar surface area (TPSA) is 67.2 Å². The average molecular weight is 281 g/mol. The number of nitrogens with zero attached hydrogens (tertiary/aromatic N) is 2. The summed E-state index contributed by atoms with van der Waals surface area (Å²) in [4.78, 5) is 3.93. The van der Waals surface area contributed by atoms with Gasteiger partial charge in [0.25, 0.3) is 0 Å². The maximum atomic E-state index is 8.83. The van der Waals surface area contributed by atoms with Crippen LogP contribution < -0.4 is 14.8 Å². The Bertz CT molecular complexity index is 694. The molecule has 5 heteroatoms. The van der Waals surface area contributed by atoms with E-state index < -0.39 is 0 Å². The van der Waals surface area contributed by atoms with Crippen molar-refractivity contribution in [3.63, 3.8) is 0 Å². The first-order valence-electron chi connectivity index (χ1n) is 6.72. The highest BCUT2D eigenvalue weighted by molar-refractivity contribution is 5.45. The fraction of sp³-hybridized carbons (Fsp3) is 0.250. The second kappa shape index (κ2) is 5.81. The molecule has 2 heterocycles. The van der Waals surface area contributed by atoms with Crippen LogP contribution in [0.25, 0.3) is 0 Å². The molecule has 2 aromatic rings. The minimum atomic E-state index is 0.243. The maximum Gasteiger partial charge on any atom is 0.140 e. The molecule has 1 aliphatic heterocycles. The maximum absolute atomic E-state index is 8.83. The molecule has 0 fully saturated rings. The molecule has 1 atom stereocenters. The zero-order chi connectivity index (χ0) is 14.7. The monoisotopic (exact) mass is 281 g/mol. The highest BCUT2D eigenvalue weighted by Gasteiger charge is 2.22. The number of rotatable bonds is 4. The Morgan fingerprint density at radius 1 is 1.43 bits per heavy atom. The van der Waals surface area contributed by atoms with Gasteiger partial charge in [-0.2, -0.15) is 5.26 Å². The van der Waals surface area contributed by atoms with Crippen LogP contribution in [0.15, 0.2) is 36.5 Å². The van der Waals surface area contributed by atoms with Crippen molar-refractivity contribution in [2.24, 2.45) is 0 Å². The molecule has 106 valence electrons. The number of nitrogens with one attached hydrogen (secondary N) is 1. The van der Waals surface area contributed by atoms with E-state index in [0.717, 1.165) is 22.6 Å². The summed E-state index contributed by atoms with van der Waals surface area (Å²) in [6.07, 6.45) is 1.61. The zero-order valence-corrected chi connectivity index (χ0v) is 11.7. The van der Waals surface area contributed by atoms with E-state index in [1.807, 2.05) is 37.4 Å². The van der Waals surface area contributed by atoms with Crippen LogP contribution in [0.3, 0.4) is 0 Å². The van der Waals surface area contributed by atoms with Gasteiger partial charge in [0.1, 0.15) is 36.5 Å². The first-order chi connectivity index (χ1) is 10.3. The molecular weight excluding hydrogens is 266 g/mol. The van der Waals surface area contributed by atoms with Crippen LogP contribution in [0.5, 0.6) is 11.5 Å². The lowest BCUT2D eigenvalue weighted by molar-refractivity contribution is 0.298. The molecular formula is C16H15N3O2. The van der Waals surface area contributed by atoms with Gasteiger partial charge in [0.15, 0.2) is 0 Å². The largest absolute Gasteiger partial charge is 0.491 e. The van der Waals surface area contributed by atoms with Gasteiger partial charge < -0.3 is 14.8 Å². The highest BCUT2D eigenvalue weighted by atomic mass is 16.5. The van der Waals surface area contributed by atoms with Crippen molar-refractivity contribution >= 4 is 0 Å². The predicted octanol–water partition coefficient (Wildman–Crippen LogP) is 2.19. The number of fused-ring (bicyclic) bond motifs is 1. The molecule has 1 aromatic heterocycles. The van der Waals surface area contributed by atoms with Gasteiger partial charge >= 0.3 is 0 Å². The first kappa shape index (κ1) is 13.4. The number of likely N-dealkylation sites (N-methyl/N-ethyl adjacent to an activating group) is 1. The predicted molar refractivity (Wildman–Crippen MR) is 77.0 cm³/mol. The smallest absolute Gasteiger partial charge is 0.140 e. The Morgan fingerprint density at radius 2 is 2.33 bits per heavy atom. The van der Waals surface area contributed by atoms with Crippen LogP contribution in [-0.4, -0.2) is 18.6 Å². The number of benzene rings is 1. The molecule has 1 unspecified atom stereocenters. The molecule has 1 aliphatic rings. The summed E-state index contributed by atoms with van der Waals surface area (Å²) in [6.45, 7) is 1.04. The molecule has 0 bridgehead atoms. The van der Waals surface area contributed by atoms with E-state index in [2.05, 4.69) is 10.3 Å². The van der Waals surface area contributed by atoms with E-state index in [0.29, 0.717) is 18.9 Å². The molecule has 0 aliphatic carbocycles. The molecule has 0 saturated carbocycles. The number of ether oxygens (including phenoxy) is 2. The summed E-state index contributed by atoms with van der Waals surface area (Å²) in [5.41, 5.74) is 2.46. The fourth-order valence-electron chi connectivity index (χ4n) is 2.31. The number of hydrogen-bond acceptors (Lipinski definition) is 5. The summed E-state index contributed by atoms with van der Waals surface area (Å²) in [6, 6.07) is 11.7. The minimum Gasteiger partial charge on any atom is -0.491 e. The second-order valence-electron chi connectivity index (χ2n) is 4.80. The van der Waals surface area contributed by atoms with Gasteiger partial charge in [-0.15, -0.1) is 0 Å². The van der Waals surface area contributed by atoms with Gasteiger partial charge in [-0.1, -0.05) is 0 Å². The van der Waals surface area contributed by atoms with Gasteiger partial charge in [-0.05, 0) is 36.9 Å². The first-order valence-corrected chi connectivity index (χ1v) is 6.72. The molecule has 1 N–H and O–H groups in total. The van der Waals surface area contributed by atoms with Crippen LogP contribution in [0.4, 0.5) is 0 Å². The van der Waals surface area contributed by atoms with Gasteiger partial charge in [0.2, 0.25) is 0 Å². The minimum absolute atomic E-state index is 0.243. The van der Waals surface area contributed by atoms with E-state index in [-0.39, 0.29) is 6.04 Å². The Kier molecular flexibility index (Phi) is 3.71. The van der Waals surface area contributed by atoms with Crippen LogP contribution in [-0.2, 0) is 6.61 Å². The molecule has 21 heavy (non-hydrogen) atoms. The van der Waals surface area contributed by atoms with Crippen LogP contribution in [0, 0.1) is 11.3 Å². The van der Waals surface area contributed by atoms with Gasteiger partial charge in [0, 0.05) is 17.8 Å². The molecule has 3 rings (SSSR count). The Labute approximate surface area is 123 Å². The van der Waals surface area contributed by atoms with E-state index in [1.54, 1.807) is 12.3 Å².